The maximum Gasteiger partial charge on any atom is 0.313 e. The lowest BCUT2D eigenvalue weighted by Crippen LogP contribution is -2.49. The molecule has 1 aliphatic rings. The molecule has 0 aliphatic carbocycles. The fourth-order valence-electron chi connectivity index (χ4n) is 2.24. The van der Waals surface area contributed by atoms with Crippen molar-refractivity contribution in [2.24, 2.45) is 0 Å². The number of thioether (sulfide) groups is 1. The number of carboxylic acids is 1. The predicted octanol–water partition coefficient (Wildman–Crippen LogP) is 2.78. The number of rotatable bonds is 4. The summed E-state index contributed by atoms with van der Waals surface area (Å²) in [6.45, 7) is 6.20. The second-order valence-corrected chi connectivity index (χ2v) is 6.56. The number of fused-ring (bicyclic) bond motifs is 1. The van der Waals surface area contributed by atoms with Crippen LogP contribution >= 0.6 is 11.8 Å². The normalized spacial score (nSPS) is 16.0. The molecule has 0 saturated carbocycles. The smallest absolute Gasteiger partial charge is 0.313 e. The Morgan fingerprint density at radius 2 is 2.14 bits per heavy atom. The Morgan fingerprint density at radius 3 is 2.76 bits per heavy atom. The number of ether oxygens (including phenoxy) is 1. The van der Waals surface area contributed by atoms with Crippen molar-refractivity contribution < 1.29 is 19.4 Å². The van der Waals surface area contributed by atoms with Gasteiger partial charge in [0.1, 0.15) is 11.4 Å². The number of nitrogens with zero attached hydrogens (tertiary/aromatic N) is 1. The first kappa shape index (κ1) is 15.7. The molecular weight excluding hydrogens is 290 g/mol. The van der Waals surface area contributed by atoms with Gasteiger partial charge >= 0.3 is 5.97 Å². The summed E-state index contributed by atoms with van der Waals surface area (Å²) in [6, 6.07) is 5.45. The number of carbonyl (C=O) groups excluding carboxylic acids is 1. The van der Waals surface area contributed by atoms with Crippen molar-refractivity contribution in [2.45, 2.75) is 37.7 Å². The molecule has 0 aromatic heterocycles. The fourth-order valence-corrected chi connectivity index (χ4v) is 2.89. The van der Waals surface area contributed by atoms with Crippen molar-refractivity contribution in [3.8, 4) is 5.75 Å². The third-order valence-electron chi connectivity index (χ3n) is 3.11. The summed E-state index contributed by atoms with van der Waals surface area (Å²) < 4.78 is 5.91. The molecule has 21 heavy (non-hydrogen) atoms. The summed E-state index contributed by atoms with van der Waals surface area (Å²) >= 11 is 1.23. The van der Waals surface area contributed by atoms with E-state index in [1.807, 2.05) is 32.9 Å². The third-order valence-corrected chi connectivity index (χ3v) is 4.09. The van der Waals surface area contributed by atoms with Crippen LogP contribution in [-0.4, -0.2) is 34.9 Å². The van der Waals surface area contributed by atoms with Gasteiger partial charge in [-0.1, -0.05) is 6.92 Å². The minimum atomic E-state index is -0.864. The Morgan fingerprint density at radius 1 is 1.43 bits per heavy atom. The lowest BCUT2D eigenvalue weighted by Gasteiger charge is -2.39. The van der Waals surface area contributed by atoms with Crippen LogP contribution in [0.1, 0.15) is 27.2 Å². The van der Waals surface area contributed by atoms with Gasteiger partial charge in [-0.25, -0.2) is 0 Å². The van der Waals surface area contributed by atoms with Crippen molar-refractivity contribution in [2.75, 3.05) is 17.2 Å². The molecule has 0 bridgehead atoms. The molecule has 0 spiro atoms. The van der Waals surface area contributed by atoms with Gasteiger partial charge in [-0.3, -0.25) is 9.59 Å². The van der Waals surface area contributed by atoms with Crippen LogP contribution in [0, 0.1) is 0 Å². The van der Waals surface area contributed by atoms with E-state index in [1.54, 1.807) is 11.0 Å². The van der Waals surface area contributed by atoms with Crippen LogP contribution in [0.4, 0.5) is 5.69 Å². The second-order valence-electron chi connectivity index (χ2n) is 5.51. The van der Waals surface area contributed by atoms with Gasteiger partial charge in [0.25, 0.3) is 0 Å². The number of aliphatic carboxylic acids is 1. The van der Waals surface area contributed by atoms with Gasteiger partial charge in [-0.05, 0) is 32.0 Å². The molecule has 1 N–H and O–H groups in total. The zero-order valence-corrected chi connectivity index (χ0v) is 13.2. The van der Waals surface area contributed by atoms with E-state index in [0.717, 1.165) is 10.6 Å². The molecule has 1 heterocycles. The van der Waals surface area contributed by atoms with Gasteiger partial charge in [0.15, 0.2) is 0 Å². The molecule has 0 radical (unpaired) electrons. The van der Waals surface area contributed by atoms with Crippen LogP contribution in [0.3, 0.4) is 0 Å². The Bertz CT molecular complexity index is 571. The van der Waals surface area contributed by atoms with Gasteiger partial charge in [-0.15, -0.1) is 11.8 Å². The third kappa shape index (κ3) is 3.69. The van der Waals surface area contributed by atoms with E-state index >= 15 is 0 Å². The Balaban J connectivity index is 2.34. The maximum absolute atomic E-state index is 12.2. The van der Waals surface area contributed by atoms with Crippen LogP contribution in [0.15, 0.2) is 23.1 Å². The topological polar surface area (TPSA) is 66.8 Å². The van der Waals surface area contributed by atoms with Crippen LogP contribution in [0.2, 0.25) is 0 Å². The van der Waals surface area contributed by atoms with Crippen molar-refractivity contribution in [3.05, 3.63) is 18.2 Å². The summed E-state index contributed by atoms with van der Waals surface area (Å²) in [6.07, 6.45) is 0.419. The van der Waals surface area contributed by atoms with Gasteiger partial charge in [0.05, 0.1) is 18.0 Å². The number of carbonyl (C=O) groups is 2. The van der Waals surface area contributed by atoms with E-state index in [2.05, 4.69) is 0 Å². The minimum Gasteiger partial charge on any atom is -0.484 e. The molecule has 0 unspecified atom stereocenters. The van der Waals surface area contributed by atoms with E-state index in [0.29, 0.717) is 18.7 Å². The Kier molecular flexibility index (Phi) is 4.46. The van der Waals surface area contributed by atoms with Crippen LogP contribution in [0.5, 0.6) is 5.75 Å². The number of hydrogen-bond acceptors (Lipinski definition) is 4. The van der Waals surface area contributed by atoms with Gasteiger partial charge in [-0.2, -0.15) is 0 Å². The maximum atomic E-state index is 12.2. The van der Waals surface area contributed by atoms with E-state index in [4.69, 9.17) is 9.84 Å². The average molecular weight is 309 g/mol. The lowest BCUT2D eigenvalue weighted by molar-refractivity contribution is -0.133. The Hall–Kier alpha value is -1.69. The van der Waals surface area contributed by atoms with Crippen molar-refractivity contribution in [1.29, 1.82) is 0 Å². The first-order valence-corrected chi connectivity index (χ1v) is 7.79. The molecule has 1 aliphatic heterocycles. The van der Waals surface area contributed by atoms with Gasteiger partial charge < -0.3 is 14.7 Å². The quantitative estimate of drug-likeness (QED) is 0.866. The molecule has 0 atom stereocenters. The molecule has 2 rings (SSSR count). The van der Waals surface area contributed by atoms with Crippen LogP contribution in [-0.2, 0) is 9.59 Å². The molecule has 1 amide bonds. The second kappa shape index (κ2) is 5.97. The van der Waals surface area contributed by atoms with Crippen LogP contribution in [0.25, 0.3) is 0 Å². The monoisotopic (exact) mass is 309 g/mol. The van der Waals surface area contributed by atoms with Crippen molar-refractivity contribution in [3.63, 3.8) is 0 Å². The van der Waals surface area contributed by atoms with Crippen LogP contribution < -0.4 is 9.64 Å². The van der Waals surface area contributed by atoms with E-state index in [9.17, 15) is 9.59 Å². The molecule has 1 aromatic carbocycles. The SMILES string of the molecule is CCC(=O)N1CC(C)(C)Oc2ccc(SCC(=O)O)cc21. The zero-order valence-electron chi connectivity index (χ0n) is 12.4. The highest BCUT2D eigenvalue weighted by Gasteiger charge is 2.34. The number of anilines is 1. The van der Waals surface area contributed by atoms with E-state index in [-0.39, 0.29) is 11.7 Å². The van der Waals surface area contributed by atoms with E-state index < -0.39 is 11.6 Å². The number of benzene rings is 1. The summed E-state index contributed by atoms with van der Waals surface area (Å²) in [4.78, 5) is 25.4. The highest BCUT2D eigenvalue weighted by atomic mass is 32.2. The molecular formula is C15H19NO4S. The van der Waals surface area contributed by atoms with E-state index in [1.165, 1.54) is 11.8 Å². The molecule has 1 aromatic rings. The first-order chi connectivity index (χ1) is 9.82. The zero-order chi connectivity index (χ0) is 15.6. The first-order valence-electron chi connectivity index (χ1n) is 6.80. The highest BCUT2D eigenvalue weighted by Crippen LogP contribution is 2.39. The summed E-state index contributed by atoms with van der Waals surface area (Å²) in [7, 11) is 0. The average Bonchev–Trinajstić information content (AvgIpc) is 2.42. The summed E-state index contributed by atoms with van der Waals surface area (Å²) in [5.74, 6) is -0.176. The largest absolute Gasteiger partial charge is 0.484 e. The molecule has 0 fully saturated rings. The highest BCUT2D eigenvalue weighted by molar-refractivity contribution is 8.00. The lowest BCUT2D eigenvalue weighted by atomic mass is 10.0. The summed E-state index contributed by atoms with van der Waals surface area (Å²) in [5, 5.41) is 8.75. The summed E-state index contributed by atoms with van der Waals surface area (Å²) in [5.41, 5.74) is 0.282. The van der Waals surface area contributed by atoms with Crippen molar-refractivity contribution in [1.82, 2.24) is 0 Å². The van der Waals surface area contributed by atoms with Gasteiger partial charge in [0, 0.05) is 11.3 Å². The molecule has 0 saturated heterocycles. The van der Waals surface area contributed by atoms with Crippen molar-refractivity contribution >= 4 is 29.3 Å². The molecule has 114 valence electrons. The standard InChI is InChI=1S/C15H19NO4S/c1-4-13(17)16-9-15(2,3)20-12-6-5-10(7-11(12)16)21-8-14(18)19/h5-7H,4,8-9H2,1-3H3,(H,18,19). The number of carboxylic acid groups (broad SMARTS) is 1. The van der Waals surface area contributed by atoms with Gasteiger partial charge in [0.2, 0.25) is 5.91 Å². The fraction of sp³-hybridized carbons (Fsp3) is 0.467. The number of amides is 1. The Labute approximate surface area is 128 Å². The number of hydrogen-bond donors (Lipinski definition) is 1. The predicted molar refractivity (Wildman–Crippen MR) is 82.2 cm³/mol. The molecule has 6 heteroatoms. The molecule has 5 nitrogen and oxygen atoms in total. The minimum absolute atomic E-state index is 0.00708.